The third kappa shape index (κ3) is 5.07. The summed E-state index contributed by atoms with van der Waals surface area (Å²) < 4.78 is 0. The largest absolute Gasteiger partial charge is 0.481 e. The number of rotatable bonds is 5. The maximum absolute atomic E-state index is 11.8. The number of hydrogen-bond acceptors (Lipinski definition) is 2. The Bertz CT molecular complexity index is 303. The molecule has 1 aliphatic rings. The van der Waals surface area contributed by atoms with Crippen LogP contribution in [-0.4, -0.2) is 23.0 Å². The molecule has 4 nitrogen and oxygen atoms in total. The van der Waals surface area contributed by atoms with Gasteiger partial charge in [0.05, 0.1) is 0 Å². The molecular formula is C14H25NO3. The van der Waals surface area contributed by atoms with Gasteiger partial charge >= 0.3 is 5.97 Å². The van der Waals surface area contributed by atoms with Gasteiger partial charge in [-0.05, 0) is 37.0 Å². The molecule has 0 saturated heterocycles. The molecule has 0 radical (unpaired) electrons. The fraction of sp³-hybridized carbons (Fsp3) is 0.857. The van der Waals surface area contributed by atoms with Crippen LogP contribution in [0.4, 0.5) is 0 Å². The average Bonchev–Trinajstić information content (AvgIpc) is 2.20. The van der Waals surface area contributed by atoms with Crippen LogP contribution < -0.4 is 5.32 Å². The van der Waals surface area contributed by atoms with E-state index >= 15 is 0 Å². The summed E-state index contributed by atoms with van der Waals surface area (Å²) in [6.07, 6.45) is 3.74. The van der Waals surface area contributed by atoms with Crippen LogP contribution in [0.1, 0.15) is 52.9 Å². The molecular weight excluding hydrogens is 230 g/mol. The lowest BCUT2D eigenvalue weighted by atomic mass is 9.80. The molecule has 0 heterocycles. The number of hydrogen-bond donors (Lipinski definition) is 2. The van der Waals surface area contributed by atoms with Crippen LogP contribution in [0.2, 0.25) is 0 Å². The molecule has 0 aliphatic heterocycles. The van der Waals surface area contributed by atoms with E-state index in [-0.39, 0.29) is 24.3 Å². The molecule has 0 aromatic rings. The van der Waals surface area contributed by atoms with Crippen LogP contribution in [-0.2, 0) is 9.59 Å². The third-order valence-corrected chi connectivity index (χ3v) is 3.83. The number of carboxylic acid groups (broad SMARTS) is 1. The Morgan fingerprint density at radius 3 is 2.50 bits per heavy atom. The molecule has 18 heavy (non-hydrogen) atoms. The maximum Gasteiger partial charge on any atom is 0.303 e. The Morgan fingerprint density at radius 1 is 1.28 bits per heavy atom. The highest BCUT2D eigenvalue weighted by Crippen LogP contribution is 2.28. The quantitative estimate of drug-likeness (QED) is 0.793. The maximum atomic E-state index is 11.8. The van der Waals surface area contributed by atoms with Crippen LogP contribution in [0.5, 0.6) is 0 Å². The number of nitrogens with one attached hydrogen (secondary N) is 1. The smallest absolute Gasteiger partial charge is 0.303 e. The highest BCUT2D eigenvalue weighted by atomic mass is 16.4. The second kappa shape index (κ2) is 6.76. The molecule has 1 saturated carbocycles. The number of aliphatic carboxylic acids is 1. The molecule has 0 aromatic heterocycles. The van der Waals surface area contributed by atoms with E-state index in [1.165, 1.54) is 6.42 Å². The Kier molecular flexibility index (Phi) is 5.63. The van der Waals surface area contributed by atoms with Crippen molar-refractivity contribution >= 4 is 11.9 Å². The van der Waals surface area contributed by atoms with Crippen molar-refractivity contribution in [2.75, 3.05) is 0 Å². The minimum atomic E-state index is -0.838. The Balaban J connectivity index is 2.33. The molecule has 4 atom stereocenters. The molecule has 1 fully saturated rings. The summed E-state index contributed by atoms with van der Waals surface area (Å²) in [7, 11) is 0. The van der Waals surface area contributed by atoms with Gasteiger partial charge in [-0.3, -0.25) is 9.59 Å². The number of carboxylic acids is 1. The van der Waals surface area contributed by atoms with E-state index in [1.54, 1.807) is 6.92 Å². The van der Waals surface area contributed by atoms with Crippen molar-refractivity contribution in [3.8, 4) is 0 Å². The Morgan fingerprint density at radius 2 is 1.94 bits per heavy atom. The standard InChI is InChI=1S/C14H25NO3/c1-9-4-5-12(11(3)6-9)15-13(16)7-10(2)8-14(17)18/h9-12H,4-8H2,1-3H3,(H,15,16)(H,17,18). The van der Waals surface area contributed by atoms with Crippen molar-refractivity contribution in [2.24, 2.45) is 17.8 Å². The number of carbonyl (C=O) groups excluding carboxylic acids is 1. The first kappa shape index (κ1) is 15.0. The predicted molar refractivity (Wildman–Crippen MR) is 70.1 cm³/mol. The van der Waals surface area contributed by atoms with E-state index in [9.17, 15) is 9.59 Å². The average molecular weight is 255 g/mol. The van der Waals surface area contributed by atoms with E-state index in [2.05, 4.69) is 19.2 Å². The molecule has 0 bridgehead atoms. The first-order valence-electron chi connectivity index (χ1n) is 6.89. The van der Waals surface area contributed by atoms with E-state index in [0.29, 0.717) is 12.3 Å². The molecule has 4 unspecified atom stereocenters. The third-order valence-electron chi connectivity index (χ3n) is 3.83. The summed E-state index contributed by atoms with van der Waals surface area (Å²) in [5.41, 5.74) is 0. The zero-order valence-electron chi connectivity index (χ0n) is 11.6. The fourth-order valence-electron chi connectivity index (χ4n) is 2.83. The lowest BCUT2D eigenvalue weighted by Crippen LogP contribution is -2.42. The van der Waals surface area contributed by atoms with Crippen LogP contribution in [0, 0.1) is 17.8 Å². The monoisotopic (exact) mass is 255 g/mol. The Labute approximate surface area is 109 Å². The molecule has 4 heteroatoms. The minimum absolute atomic E-state index is 0.00449. The van der Waals surface area contributed by atoms with Crippen LogP contribution in [0.25, 0.3) is 0 Å². The lowest BCUT2D eigenvalue weighted by Gasteiger charge is -2.33. The van der Waals surface area contributed by atoms with Gasteiger partial charge in [0, 0.05) is 18.9 Å². The number of carbonyl (C=O) groups is 2. The van der Waals surface area contributed by atoms with E-state index in [0.717, 1.165) is 18.8 Å². The van der Waals surface area contributed by atoms with Crippen LogP contribution >= 0.6 is 0 Å². The summed E-state index contributed by atoms with van der Waals surface area (Å²) >= 11 is 0. The van der Waals surface area contributed by atoms with Gasteiger partial charge < -0.3 is 10.4 Å². The van der Waals surface area contributed by atoms with E-state index in [1.807, 2.05) is 0 Å². The summed E-state index contributed by atoms with van der Waals surface area (Å²) in [5.74, 6) is 0.331. The van der Waals surface area contributed by atoms with Crippen LogP contribution in [0.3, 0.4) is 0 Å². The second-order valence-electron chi connectivity index (χ2n) is 5.98. The zero-order valence-corrected chi connectivity index (χ0v) is 11.6. The lowest BCUT2D eigenvalue weighted by molar-refractivity contribution is -0.138. The summed E-state index contributed by atoms with van der Waals surface area (Å²) in [5, 5.41) is 11.7. The highest BCUT2D eigenvalue weighted by molar-refractivity contribution is 5.77. The first-order chi connectivity index (χ1) is 8.38. The van der Waals surface area contributed by atoms with Gasteiger partial charge in [-0.2, -0.15) is 0 Å². The van der Waals surface area contributed by atoms with Gasteiger partial charge in [-0.15, -0.1) is 0 Å². The van der Waals surface area contributed by atoms with Gasteiger partial charge in [0.15, 0.2) is 0 Å². The van der Waals surface area contributed by atoms with Crippen molar-refractivity contribution in [2.45, 2.75) is 58.9 Å². The van der Waals surface area contributed by atoms with Gasteiger partial charge in [0.1, 0.15) is 0 Å². The van der Waals surface area contributed by atoms with Gasteiger partial charge in [0.2, 0.25) is 5.91 Å². The van der Waals surface area contributed by atoms with Crippen molar-refractivity contribution in [3.05, 3.63) is 0 Å². The second-order valence-corrected chi connectivity index (χ2v) is 5.98. The topological polar surface area (TPSA) is 66.4 Å². The molecule has 1 rings (SSSR count). The van der Waals surface area contributed by atoms with E-state index in [4.69, 9.17) is 5.11 Å². The van der Waals surface area contributed by atoms with Crippen molar-refractivity contribution in [3.63, 3.8) is 0 Å². The van der Waals surface area contributed by atoms with Crippen LogP contribution in [0.15, 0.2) is 0 Å². The van der Waals surface area contributed by atoms with Gasteiger partial charge in [-0.25, -0.2) is 0 Å². The van der Waals surface area contributed by atoms with E-state index < -0.39 is 5.97 Å². The SMILES string of the molecule is CC(CC(=O)O)CC(=O)NC1CCC(C)CC1C. The predicted octanol–water partition coefficient (Wildman–Crippen LogP) is 2.43. The van der Waals surface area contributed by atoms with Crippen molar-refractivity contribution in [1.82, 2.24) is 5.32 Å². The number of amides is 1. The molecule has 104 valence electrons. The summed E-state index contributed by atoms with van der Waals surface area (Å²) in [6.45, 7) is 6.24. The molecule has 1 amide bonds. The van der Waals surface area contributed by atoms with Crippen molar-refractivity contribution < 1.29 is 14.7 Å². The first-order valence-corrected chi connectivity index (χ1v) is 6.89. The van der Waals surface area contributed by atoms with Crippen molar-refractivity contribution in [1.29, 1.82) is 0 Å². The fourth-order valence-corrected chi connectivity index (χ4v) is 2.83. The zero-order chi connectivity index (χ0) is 13.7. The highest BCUT2D eigenvalue weighted by Gasteiger charge is 2.26. The molecule has 1 aliphatic carbocycles. The normalized spacial score (nSPS) is 29.6. The summed E-state index contributed by atoms with van der Waals surface area (Å²) in [6, 6.07) is 0.269. The molecule has 0 aromatic carbocycles. The molecule has 2 N–H and O–H groups in total. The minimum Gasteiger partial charge on any atom is -0.481 e. The molecule has 0 spiro atoms. The Hall–Kier alpha value is -1.06. The van der Waals surface area contributed by atoms with Gasteiger partial charge in [-0.1, -0.05) is 20.8 Å². The summed E-state index contributed by atoms with van der Waals surface area (Å²) in [4.78, 5) is 22.4. The van der Waals surface area contributed by atoms with Gasteiger partial charge in [0.25, 0.3) is 0 Å².